The Bertz CT molecular complexity index is 444. The Labute approximate surface area is 146 Å². The summed E-state index contributed by atoms with van der Waals surface area (Å²) in [5.41, 5.74) is -0.0600. The Balaban J connectivity index is 1.83. The number of ether oxygens (including phenoxy) is 1. The molecule has 2 aliphatic heterocycles. The molecule has 2 heterocycles. The van der Waals surface area contributed by atoms with Crippen LogP contribution in [0.2, 0.25) is 0 Å². The summed E-state index contributed by atoms with van der Waals surface area (Å²) in [4.78, 5) is 22.8. The topological polar surface area (TPSA) is 60.4 Å². The lowest BCUT2D eigenvalue weighted by Crippen LogP contribution is -2.53. The van der Waals surface area contributed by atoms with Crippen LogP contribution in [0.25, 0.3) is 0 Å². The summed E-state index contributed by atoms with van der Waals surface area (Å²) < 4.78 is 5.76. The van der Waals surface area contributed by atoms with Crippen molar-refractivity contribution in [1.82, 2.24) is 20.0 Å². The van der Waals surface area contributed by atoms with Crippen molar-refractivity contribution in [1.29, 1.82) is 0 Å². The molecule has 0 aromatic carbocycles. The molecule has 2 fully saturated rings. The highest BCUT2D eigenvalue weighted by Gasteiger charge is 2.26. The number of carbonyl (C=O) groups excluding carboxylic acids is 1. The Kier molecular flexibility index (Phi) is 6.86. The first-order chi connectivity index (χ1) is 11.4. The van der Waals surface area contributed by atoms with Crippen LogP contribution in [0.5, 0.6) is 0 Å². The van der Waals surface area contributed by atoms with Crippen molar-refractivity contribution >= 4 is 11.9 Å². The van der Waals surface area contributed by atoms with E-state index >= 15 is 0 Å². The molecule has 24 heavy (non-hydrogen) atoms. The van der Waals surface area contributed by atoms with Gasteiger partial charge in [0.25, 0.3) is 0 Å². The van der Waals surface area contributed by atoms with E-state index in [1.165, 1.54) is 0 Å². The summed E-state index contributed by atoms with van der Waals surface area (Å²) in [5, 5.41) is 3.38. The number of guanidine groups is 1. The third-order valence-electron chi connectivity index (χ3n) is 4.54. The second-order valence-electron chi connectivity index (χ2n) is 7.11. The standard InChI is InChI=1S/C17H33N5O2/c1-5-18-16(22-10-8-21(9-11-22)15(2)23)19-6-7-20-12-13-24-17(3,4)14-20/h5-14H2,1-4H3,(H,18,19). The molecule has 2 aliphatic rings. The highest BCUT2D eigenvalue weighted by atomic mass is 16.5. The summed E-state index contributed by atoms with van der Waals surface area (Å²) in [7, 11) is 0. The third-order valence-corrected chi connectivity index (χ3v) is 4.54. The van der Waals surface area contributed by atoms with E-state index in [9.17, 15) is 4.79 Å². The van der Waals surface area contributed by atoms with Crippen LogP contribution in [0.4, 0.5) is 0 Å². The monoisotopic (exact) mass is 339 g/mol. The highest BCUT2D eigenvalue weighted by molar-refractivity contribution is 5.80. The summed E-state index contributed by atoms with van der Waals surface area (Å²) in [5.74, 6) is 1.12. The average molecular weight is 339 g/mol. The Hall–Kier alpha value is -1.34. The first-order valence-electron chi connectivity index (χ1n) is 9.06. The van der Waals surface area contributed by atoms with Gasteiger partial charge >= 0.3 is 0 Å². The number of aliphatic imine (C=N–C) groups is 1. The second-order valence-corrected chi connectivity index (χ2v) is 7.11. The highest BCUT2D eigenvalue weighted by Crippen LogP contribution is 2.15. The van der Waals surface area contributed by atoms with Crippen LogP contribution in [0.3, 0.4) is 0 Å². The normalized spacial score (nSPS) is 22.6. The molecule has 1 amide bonds. The van der Waals surface area contributed by atoms with Crippen molar-refractivity contribution in [3.05, 3.63) is 0 Å². The van der Waals surface area contributed by atoms with Crippen LogP contribution >= 0.6 is 0 Å². The molecule has 2 rings (SSSR count). The van der Waals surface area contributed by atoms with E-state index in [1.807, 2.05) is 4.90 Å². The molecular formula is C17H33N5O2. The zero-order chi connectivity index (χ0) is 17.6. The molecule has 0 bridgehead atoms. The SMILES string of the molecule is CCNC(=NCCN1CCOC(C)(C)C1)N1CCN(C(C)=O)CC1. The largest absolute Gasteiger partial charge is 0.373 e. The maximum absolute atomic E-state index is 11.4. The first kappa shape index (κ1) is 19.0. The van der Waals surface area contributed by atoms with Gasteiger partial charge in [-0.1, -0.05) is 0 Å². The minimum atomic E-state index is -0.0600. The van der Waals surface area contributed by atoms with Gasteiger partial charge in [0.05, 0.1) is 18.8 Å². The molecule has 0 saturated carbocycles. The molecule has 0 aromatic rings. The fourth-order valence-electron chi connectivity index (χ4n) is 3.26. The van der Waals surface area contributed by atoms with Gasteiger partial charge in [-0.15, -0.1) is 0 Å². The minimum Gasteiger partial charge on any atom is -0.373 e. The molecule has 0 atom stereocenters. The number of nitrogens with zero attached hydrogens (tertiary/aromatic N) is 4. The number of carbonyl (C=O) groups is 1. The summed E-state index contributed by atoms with van der Waals surface area (Å²) >= 11 is 0. The molecule has 0 spiro atoms. The Morgan fingerprint density at radius 3 is 2.42 bits per heavy atom. The van der Waals surface area contributed by atoms with Crippen LogP contribution in [0.15, 0.2) is 4.99 Å². The second kappa shape index (κ2) is 8.67. The molecule has 0 aromatic heterocycles. The van der Waals surface area contributed by atoms with Crippen molar-refractivity contribution in [3.8, 4) is 0 Å². The molecule has 1 N–H and O–H groups in total. The van der Waals surface area contributed by atoms with Gasteiger partial charge < -0.3 is 19.9 Å². The van der Waals surface area contributed by atoms with Gasteiger partial charge in [0.2, 0.25) is 5.91 Å². The lowest BCUT2D eigenvalue weighted by Gasteiger charge is -2.38. The zero-order valence-corrected chi connectivity index (χ0v) is 15.7. The van der Waals surface area contributed by atoms with E-state index < -0.39 is 0 Å². The van der Waals surface area contributed by atoms with Crippen molar-refractivity contribution in [2.75, 3.05) is 65.5 Å². The van der Waals surface area contributed by atoms with Crippen molar-refractivity contribution in [2.24, 2.45) is 4.99 Å². The van der Waals surface area contributed by atoms with E-state index in [2.05, 4.69) is 35.9 Å². The molecule has 2 saturated heterocycles. The average Bonchev–Trinajstić information content (AvgIpc) is 2.53. The Morgan fingerprint density at radius 2 is 1.83 bits per heavy atom. The van der Waals surface area contributed by atoms with Crippen molar-refractivity contribution < 1.29 is 9.53 Å². The summed E-state index contributed by atoms with van der Waals surface area (Å²) in [6.07, 6.45) is 0. The number of amides is 1. The summed E-state index contributed by atoms with van der Waals surface area (Å²) in [6, 6.07) is 0. The molecule has 7 nitrogen and oxygen atoms in total. The van der Waals surface area contributed by atoms with E-state index in [0.717, 1.165) is 71.5 Å². The number of piperazine rings is 1. The van der Waals surface area contributed by atoms with E-state index in [-0.39, 0.29) is 11.5 Å². The molecular weight excluding hydrogens is 306 g/mol. The smallest absolute Gasteiger partial charge is 0.219 e. The van der Waals surface area contributed by atoms with Crippen LogP contribution in [0, 0.1) is 0 Å². The Morgan fingerprint density at radius 1 is 1.17 bits per heavy atom. The van der Waals surface area contributed by atoms with Crippen LogP contribution in [0.1, 0.15) is 27.7 Å². The van der Waals surface area contributed by atoms with E-state index in [0.29, 0.717) is 0 Å². The lowest BCUT2D eigenvalue weighted by atomic mass is 10.1. The fourth-order valence-corrected chi connectivity index (χ4v) is 3.26. The molecule has 0 radical (unpaired) electrons. The predicted octanol–water partition coefficient (Wildman–Crippen LogP) is 0.227. The van der Waals surface area contributed by atoms with E-state index in [1.54, 1.807) is 6.92 Å². The van der Waals surface area contributed by atoms with Crippen LogP contribution in [-0.4, -0.2) is 97.7 Å². The fraction of sp³-hybridized carbons (Fsp3) is 0.882. The van der Waals surface area contributed by atoms with Gasteiger partial charge in [0.1, 0.15) is 0 Å². The predicted molar refractivity (Wildman–Crippen MR) is 96.3 cm³/mol. The third kappa shape index (κ3) is 5.63. The minimum absolute atomic E-state index is 0.0600. The lowest BCUT2D eigenvalue weighted by molar-refractivity contribution is -0.130. The van der Waals surface area contributed by atoms with Gasteiger partial charge in [-0.3, -0.25) is 14.7 Å². The molecule has 7 heteroatoms. The zero-order valence-electron chi connectivity index (χ0n) is 15.7. The number of hydrogen-bond acceptors (Lipinski definition) is 4. The molecule has 0 aliphatic carbocycles. The number of morpholine rings is 1. The van der Waals surface area contributed by atoms with Gasteiger partial charge in [0, 0.05) is 59.3 Å². The van der Waals surface area contributed by atoms with Gasteiger partial charge in [0.15, 0.2) is 5.96 Å². The van der Waals surface area contributed by atoms with Crippen LogP contribution in [-0.2, 0) is 9.53 Å². The molecule has 138 valence electrons. The van der Waals surface area contributed by atoms with Crippen molar-refractivity contribution in [3.63, 3.8) is 0 Å². The quantitative estimate of drug-likeness (QED) is 0.587. The van der Waals surface area contributed by atoms with Crippen molar-refractivity contribution in [2.45, 2.75) is 33.3 Å². The number of rotatable bonds is 4. The number of hydrogen-bond donors (Lipinski definition) is 1. The number of nitrogens with one attached hydrogen (secondary N) is 1. The van der Waals surface area contributed by atoms with E-state index in [4.69, 9.17) is 9.73 Å². The van der Waals surface area contributed by atoms with Gasteiger partial charge in [-0.05, 0) is 20.8 Å². The maximum atomic E-state index is 11.4. The molecule has 0 unspecified atom stereocenters. The first-order valence-corrected chi connectivity index (χ1v) is 9.06. The van der Waals surface area contributed by atoms with Gasteiger partial charge in [-0.2, -0.15) is 0 Å². The summed E-state index contributed by atoms with van der Waals surface area (Å²) in [6.45, 7) is 16.6. The van der Waals surface area contributed by atoms with Crippen LogP contribution < -0.4 is 5.32 Å². The van der Waals surface area contributed by atoms with Gasteiger partial charge in [-0.25, -0.2) is 0 Å². The maximum Gasteiger partial charge on any atom is 0.219 e.